The smallest absolute Gasteiger partial charge is 0.329 e. The lowest BCUT2D eigenvalue weighted by atomic mass is 9.81. The number of carboxylic acid groups (broad SMARTS) is 1. The summed E-state index contributed by atoms with van der Waals surface area (Å²) < 4.78 is 6.17. The van der Waals surface area contributed by atoms with Crippen LogP contribution in [0.4, 0.5) is 0 Å². The number of hydrogen-bond acceptors (Lipinski definition) is 3. The van der Waals surface area contributed by atoms with E-state index >= 15 is 0 Å². The molecule has 0 saturated heterocycles. The largest absolute Gasteiger partial charge is 0.483 e. The summed E-state index contributed by atoms with van der Waals surface area (Å²) in [6.45, 7) is -0.197. The number of carbonyl (C=O) groups is 2. The van der Waals surface area contributed by atoms with Gasteiger partial charge in [-0.2, -0.15) is 0 Å². The Morgan fingerprint density at radius 3 is 2.52 bits per heavy atom. The van der Waals surface area contributed by atoms with Crippen LogP contribution in [0.2, 0.25) is 0 Å². The molecule has 0 bridgehead atoms. The van der Waals surface area contributed by atoms with E-state index in [1.165, 1.54) is 0 Å². The summed E-state index contributed by atoms with van der Waals surface area (Å²) in [7, 11) is 0. The van der Waals surface area contributed by atoms with Crippen LogP contribution in [0.25, 0.3) is 0 Å². The highest BCUT2D eigenvalue weighted by molar-refractivity contribution is 9.10. The molecule has 0 atom stereocenters. The minimum absolute atomic E-state index is 0.197. The molecule has 1 fully saturated rings. The summed E-state index contributed by atoms with van der Waals surface area (Å²) in [4.78, 5) is 23.5. The van der Waals surface area contributed by atoms with Crippen LogP contribution >= 0.6 is 15.9 Å². The van der Waals surface area contributed by atoms with E-state index < -0.39 is 17.4 Å². The third kappa shape index (κ3) is 3.97. The second-order valence-corrected chi connectivity index (χ2v) is 6.07. The van der Waals surface area contributed by atoms with Crippen molar-refractivity contribution in [2.75, 3.05) is 6.61 Å². The van der Waals surface area contributed by atoms with E-state index in [0.29, 0.717) is 18.6 Å². The van der Waals surface area contributed by atoms with Crippen molar-refractivity contribution < 1.29 is 19.4 Å². The fourth-order valence-electron chi connectivity index (χ4n) is 2.56. The standard InChI is InChI=1S/C15H18BrNO4/c16-11-6-2-3-7-12(11)21-10-13(18)17-15(14(19)20)8-4-1-5-9-15/h2-3,6-7H,1,4-5,8-10H2,(H,17,18)(H,19,20). The molecule has 0 spiro atoms. The molecule has 2 rings (SSSR count). The molecular formula is C15H18BrNO4. The number of carbonyl (C=O) groups excluding carboxylic acids is 1. The highest BCUT2D eigenvalue weighted by atomic mass is 79.9. The molecule has 1 aliphatic carbocycles. The maximum Gasteiger partial charge on any atom is 0.329 e. The van der Waals surface area contributed by atoms with E-state index in [0.717, 1.165) is 23.7 Å². The molecule has 0 radical (unpaired) electrons. The van der Waals surface area contributed by atoms with Crippen molar-refractivity contribution in [3.8, 4) is 5.75 Å². The van der Waals surface area contributed by atoms with Crippen LogP contribution in [0, 0.1) is 0 Å². The van der Waals surface area contributed by atoms with Gasteiger partial charge in [-0.15, -0.1) is 0 Å². The molecule has 0 unspecified atom stereocenters. The first kappa shape index (κ1) is 15.8. The lowest BCUT2D eigenvalue weighted by molar-refractivity contribution is -0.149. The van der Waals surface area contributed by atoms with Gasteiger partial charge in [-0.25, -0.2) is 4.79 Å². The van der Waals surface area contributed by atoms with E-state index in [1.807, 2.05) is 12.1 Å². The van der Waals surface area contributed by atoms with Gasteiger partial charge in [0.15, 0.2) is 6.61 Å². The minimum Gasteiger partial charge on any atom is -0.483 e. The van der Waals surface area contributed by atoms with E-state index in [2.05, 4.69) is 21.2 Å². The van der Waals surface area contributed by atoms with E-state index in [1.54, 1.807) is 12.1 Å². The van der Waals surface area contributed by atoms with Crippen molar-refractivity contribution in [3.05, 3.63) is 28.7 Å². The second kappa shape index (κ2) is 6.93. The Bertz CT molecular complexity index is 526. The average molecular weight is 356 g/mol. The summed E-state index contributed by atoms with van der Waals surface area (Å²) in [6, 6.07) is 7.20. The van der Waals surface area contributed by atoms with Crippen LogP contribution in [0.15, 0.2) is 28.7 Å². The second-order valence-electron chi connectivity index (χ2n) is 5.22. The number of amides is 1. The summed E-state index contributed by atoms with van der Waals surface area (Å²) in [5, 5.41) is 12.0. The molecule has 6 heteroatoms. The lowest BCUT2D eigenvalue weighted by Crippen LogP contribution is -2.56. The number of para-hydroxylation sites is 1. The number of ether oxygens (including phenoxy) is 1. The number of aliphatic carboxylic acids is 1. The molecule has 1 amide bonds. The molecule has 1 aliphatic rings. The number of benzene rings is 1. The van der Waals surface area contributed by atoms with Crippen LogP contribution in [-0.4, -0.2) is 29.1 Å². The normalized spacial score (nSPS) is 17.0. The van der Waals surface area contributed by atoms with Crippen LogP contribution in [0.1, 0.15) is 32.1 Å². The van der Waals surface area contributed by atoms with Crippen molar-refractivity contribution >= 4 is 27.8 Å². The highest BCUT2D eigenvalue weighted by Gasteiger charge is 2.40. The summed E-state index contributed by atoms with van der Waals surface area (Å²) >= 11 is 3.33. The van der Waals surface area contributed by atoms with E-state index in [9.17, 15) is 14.7 Å². The van der Waals surface area contributed by atoms with Gasteiger partial charge in [0.1, 0.15) is 11.3 Å². The summed E-state index contributed by atoms with van der Waals surface area (Å²) in [6.07, 6.45) is 3.60. The molecule has 2 N–H and O–H groups in total. The summed E-state index contributed by atoms with van der Waals surface area (Å²) in [5.74, 6) is -0.813. The molecule has 1 aromatic carbocycles. The molecule has 1 aromatic rings. The van der Waals surface area contributed by atoms with Gasteiger partial charge >= 0.3 is 5.97 Å². The van der Waals surface area contributed by atoms with Crippen molar-refractivity contribution in [1.29, 1.82) is 0 Å². The predicted octanol–water partition coefficient (Wildman–Crippen LogP) is 2.73. The van der Waals surface area contributed by atoms with Gasteiger partial charge in [0.25, 0.3) is 5.91 Å². The first-order chi connectivity index (χ1) is 10.0. The highest BCUT2D eigenvalue weighted by Crippen LogP contribution is 2.28. The van der Waals surface area contributed by atoms with Gasteiger partial charge in [-0.05, 0) is 40.9 Å². The molecule has 21 heavy (non-hydrogen) atoms. The maximum atomic E-state index is 12.0. The van der Waals surface area contributed by atoms with Crippen molar-refractivity contribution in [1.82, 2.24) is 5.32 Å². The molecule has 0 aliphatic heterocycles. The van der Waals surface area contributed by atoms with Gasteiger partial charge in [-0.1, -0.05) is 31.4 Å². The molecular weight excluding hydrogens is 338 g/mol. The number of rotatable bonds is 5. The molecule has 5 nitrogen and oxygen atoms in total. The SMILES string of the molecule is O=C(COc1ccccc1Br)NC1(C(=O)O)CCCCC1. The Balaban J connectivity index is 1.94. The molecule has 0 aromatic heterocycles. The van der Waals surface area contributed by atoms with Crippen molar-refractivity contribution in [2.24, 2.45) is 0 Å². The first-order valence-corrected chi connectivity index (χ1v) is 7.74. The number of nitrogens with one attached hydrogen (secondary N) is 1. The molecule has 114 valence electrons. The van der Waals surface area contributed by atoms with E-state index in [4.69, 9.17) is 4.74 Å². The first-order valence-electron chi connectivity index (χ1n) is 6.95. The average Bonchev–Trinajstić information content (AvgIpc) is 2.47. The van der Waals surface area contributed by atoms with Crippen molar-refractivity contribution in [2.45, 2.75) is 37.6 Å². The zero-order chi connectivity index (χ0) is 15.3. The zero-order valence-corrected chi connectivity index (χ0v) is 13.2. The van der Waals surface area contributed by atoms with Crippen LogP contribution < -0.4 is 10.1 Å². The van der Waals surface area contributed by atoms with Crippen molar-refractivity contribution in [3.63, 3.8) is 0 Å². The van der Waals surface area contributed by atoms with Gasteiger partial charge < -0.3 is 15.2 Å². The fraction of sp³-hybridized carbons (Fsp3) is 0.467. The Labute approximate surface area is 131 Å². The molecule has 1 saturated carbocycles. The number of hydrogen-bond donors (Lipinski definition) is 2. The third-order valence-corrected chi connectivity index (χ3v) is 4.35. The zero-order valence-electron chi connectivity index (χ0n) is 11.6. The van der Waals surface area contributed by atoms with Crippen LogP contribution in [0.5, 0.6) is 5.75 Å². The monoisotopic (exact) mass is 355 g/mol. The minimum atomic E-state index is -1.13. The lowest BCUT2D eigenvalue weighted by Gasteiger charge is -2.33. The van der Waals surface area contributed by atoms with Gasteiger partial charge in [0.2, 0.25) is 0 Å². The van der Waals surface area contributed by atoms with Gasteiger partial charge in [-0.3, -0.25) is 4.79 Å². The van der Waals surface area contributed by atoms with Crippen LogP contribution in [-0.2, 0) is 9.59 Å². The van der Waals surface area contributed by atoms with E-state index in [-0.39, 0.29) is 6.61 Å². The summed E-state index contributed by atoms with van der Waals surface area (Å²) in [5.41, 5.74) is -1.13. The fourth-order valence-corrected chi connectivity index (χ4v) is 2.95. The third-order valence-electron chi connectivity index (χ3n) is 3.69. The molecule has 0 heterocycles. The number of carboxylic acids is 1. The Hall–Kier alpha value is -1.56. The Morgan fingerprint density at radius 1 is 1.24 bits per heavy atom. The number of halogens is 1. The topological polar surface area (TPSA) is 75.6 Å². The Morgan fingerprint density at radius 2 is 1.90 bits per heavy atom. The predicted molar refractivity (Wildman–Crippen MR) is 81.2 cm³/mol. The maximum absolute atomic E-state index is 12.0. The van der Waals surface area contributed by atoms with Crippen LogP contribution in [0.3, 0.4) is 0 Å². The van der Waals surface area contributed by atoms with Gasteiger partial charge in [0, 0.05) is 0 Å². The van der Waals surface area contributed by atoms with Gasteiger partial charge in [0.05, 0.1) is 4.47 Å². The Kier molecular flexibility index (Phi) is 5.22. The quantitative estimate of drug-likeness (QED) is 0.851.